The normalized spacial score (nSPS) is 15.7. The zero-order chi connectivity index (χ0) is 21.1. The quantitative estimate of drug-likeness (QED) is 0.620. The molecule has 7 heteroatoms. The maximum atomic E-state index is 13.0. The van der Waals surface area contributed by atoms with Crippen molar-refractivity contribution in [1.29, 1.82) is 0 Å². The Morgan fingerprint density at radius 3 is 2.24 bits per heavy atom. The van der Waals surface area contributed by atoms with E-state index in [9.17, 15) is 14.4 Å². The number of nitrogens with one attached hydrogen (secondary N) is 1. The Bertz CT molecular complexity index is 993. The monoisotopic (exact) mass is 394 g/mol. The summed E-state index contributed by atoms with van der Waals surface area (Å²) in [6.07, 6.45) is 1.40. The number of methoxy groups -OCH3 is 2. The van der Waals surface area contributed by atoms with Crippen LogP contribution in [-0.2, 0) is 9.59 Å². The number of hydrogen-bond acceptors (Lipinski definition) is 5. The number of barbiturate groups is 1. The number of carbonyl (C=O) groups is 3. The Labute approximate surface area is 168 Å². The second kappa shape index (κ2) is 8.18. The molecule has 150 valence electrons. The molecule has 0 saturated carbocycles. The molecule has 0 spiro atoms. The van der Waals surface area contributed by atoms with Gasteiger partial charge in [0.1, 0.15) is 17.1 Å². The van der Waals surface area contributed by atoms with E-state index in [0.717, 1.165) is 10.5 Å². The van der Waals surface area contributed by atoms with Crippen LogP contribution in [0.15, 0.2) is 48.0 Å². The minimum Gasteiger partial charge on any atom is -0.497 e. The molecule has 1 saturated heterocycles. The van der Waals surface area contributed by atoms with Gasteiger partial charge in [-0.15, -0.1) is 0 Å². The molecule has 0 bridgehead atoms. The Morgan fingerprint density at radius 1 is 0.966 bits per heavy atom. The van der Waals surface area contributed by atoms with Crippen LogP contribution in [0.1, 0.15) is 30.9 Å². The summed E-state index contributed by atoms with van der Waals surface area (Å²) in [5.74, 6) is -0.135. The number of nitrogens with zero attached hydrogens (tertiary/aromatic N) is 1. The first-order valence-electron chi connectivity index (χ1n) is 9.09. The van der Waals surface area contributed by atoms with Crippen LogP contribution in [0.5, 0.6) is 11.5 Å². The van der Waals surface area contributed by atoms with Crippen LogP contribution >= 0.6 is 0 Å². The average molecular weight is 394 g/mol. The lowest BCUT2D eigenvalue weighted by Crippen LogP contribution is -2.54. The molecule has 0 aliphatic carbocycles. The van der Waals surface area contributed by atoms with E-state index in [1.807, 2.05) is 12.1 Å². The van der Waals surface area contributed by atoms with Gasteiger partial charge in [-0.3, -0.25) is 14.9 Å². The van der Waals surface area contributed by atoms with Gasteiger partial charge in [-0.25, -0.2) is 9.69 Å². The molecule has 0 aromatic heterocycles. The predicted octanol–water partition coefficient (Wildman–Crippen LogP) is 3.49. The highest BCUT2D eigenvalue weighted by molar-refractivity contribution is 6.39. The summed E-state index contributed by atoms with van der Waals surface area (Å²) in [7, 11) is 3.00. The molecule has 2 aromatic carbocycles. The molecule has 4 amide bonds. The first-order chi connectivity index (χ1) is 13.8. The van der Waals surface area contributed by atoms with E-state index in [1.165, 1.54) is 20.3 Å². The van der Waals surface area contributed by atoms with Crippen molar-refractivity contribution in [3.8, 4) is 11.5 Å². The van der Waals surface area contributed by atoms with E-state index in [1.54, 1.807) is 30.3 Å². The lowest BCUT2D eigenvalue weighted by atomic mass is 10.0. The largest absolute Gasteiger partial charge is 0.497 e. The highest BCUT2D eigenvalue weighted by Crippen LogP contribution is 2.29. The van der Waals surface area contributed by atoms with Crippen molar-refractivity contribution in [3.63, 3.8) is 0 Å². The van der Waals surface area contributed by atoms with Gasteiger partial charge in [0.2, 0.25) is 0 Å². The summed E-state index contributed by atoms with van der Waals surface area (Å²) in [5.41, 5.74) is 1.81. The standard InChI is InChI=1S/C22H22N2O5/c1-13(2)14-5-8-16(9-6-14)24-21(26)18(20(25)23-22(24)27)11-15-7-10-17(28-3)12-19(15)29-4/h5-13H,1-4H3,(H,23,25,27). The smallest absolute Gasteiger partial charge is 0.335 e. The zero-order valence-electron chi connectivity index (χ0n) is 16.7. The first kappa shape index (κ1) is 20.1. The van der Waals surface area contributed by atoms with Crippen molar-refractivity contribution in [2.45, 2.75) is 19.8 Å². The van der Waals surface area contributed by atoms with Crippen molar-refractivity contribution in [3.05, 3.63) is 59.2 Å². The third kappa shape index (κ3) is 3.99. The second-order valence-electron chi connectivity index (χ2n) is 6.81. The molecule has 3 rings (SSSR count). The number of amides is 4. The number of urea groups is 1. The van der Waals surface area contributed by atoms with Crippen molar-refractivity contribution in [1.82, 2.24) is 5.32 Å². The van der Waals surface area contributed by atoms with E-state index in [2.05, 4.69) is 19.2 Å². The minimum absolute atomic E-state index is 0.166. The van der Waals surface area contributed by atoms with Gasteiger partial charge in [0, 0.05) is 11.6 Å². The van der Waals surface area contributed by atoms with E-state index in [-0.39, 0.29) is 5.57 Å². The van der Waals surface area contributed by atoms with Gasteiger partial charge < -0.3 is 9.47 Å². The molecule has 1 aliphatic heterocycles. The van der Waals surface area contributed by atoms with E-state index in [4.69, 9.17) is 9.47 Å². The topological polar surface area (TPSA) is 84.9 Å². The lowest BCUT2D eigenvalue weighted by Gasteiger charge is -2.26. The van der Waals surface area contributed by atoms with Crippen molar-refractivity contribution in [2.75, 3.05) is 19.1 Å². The molecule has 7 nitrogen and oxygen atoms in total. The molecule has 2 aromatic rings. The van der Waals surface area contributed by atoms with Gasteiger partial charge in [0.15, 0.2) is 0 Å². The van der Waals surface area contributed by atoms with Crippen LogP contribution in [0.25, 0.3) is 6.08 Å². The van der Waals surface area contributed by atoms with Crippen LogP contribution in [0.3, 0.4) is 0 Å². The number of ether oxygens (including phenoxy) is 2. The van der Waals surface area contributed by atoms with E-state index < -0.39 is 17.8 Å². The van der Waals surface area contributed by atoms with E-state index in [0.29, 0.717) is 28.7 Å². The van der Waals surface area contributed by atoms with Gasteiger partial charge in [-0.1, -0.05) is 26.0 Å². The van der Waals surface area contributed by atoms with Crippen molar-refractivity contribution < 1.29 is 23.9 Å². The highest BCUT2D eigenvalue weighted by Gasteiger charge is 2.37. The zero-order valence-corrected chi connectivity index (χ0v) is 16.7. The molecular formula is C22H22N2O5. The predicted molar refractivity (Wildman–Crippen MR) is 109 cm³/mol. The van der Waals surface area contributed by atoms with Crippen molar-refractivity contribution >= 4 is 29.6 Å². The Hall–Kier alpha value is -3.61. The van der Waals surface area contributed by atoms with E-state index >= 15 is 0 Å². The van der Waals surface area contributed by atoms with Gasteiger partial charge in [0.25, 0.3) is 11.8 Å². The fraction of sp³-hybridized carbons (Fsp3) is 0.227. The first-order valence-corrected chi connectivity index (χ1v) is 9.09. The summed E-state index contributed by atoms with van der Waals surface area (Å²) in [6, 6.07) is 11.3. The molecular weight excluding hydrogens is 372 g/mol. The molecule has 0 atom stereocenters. The number of hydrogen-bond donors (Lipinski definition) is 1. The maximum Gasteiger partial charge on any atom is 0.335 e. The molecule has 1 fully saturated rings. The molecule has 1 aliphatic rings. The van der Waals surface area contributed by atoms with Crippen LogP contribution in [0, 0.1) is 0 Å². The molecule has 1 N–H and O–H groups in total. The summed E-state index contributed by atoms with van der Waals surface area (Å²) in [4.78, 5) is 38.6. The maximum absolute atomic E-state index is 13.0. The summed E-state index contributed by atoms with van der Waals surface area (Å²) in [6.45, 7) is 4.10. The number of imide groups is 2. The molecule has 0 unspecified atom stereocenters. The Kier molecular flexibility index (Phi) is 5.68. The SMILES string of the molecule is COc1ccc(C=C2C(=O)NC(=O)N(c3ccc(C(C)C)cc3)C2=O)c(OC)c1. The van der Waals surface area contributed by atoms with Crippen LogP contribution in [0.2, 0.25) is 0 Å². The number of anilines is 1. The molecule has 29 heavy (non-hydrogen) atoms. The van der Waals surface area contributed by atoms with Crippen molar-refractivity contribution in [2.24, 2.45) is 0 Å². The van der Waals surface area contributed by atoms with Crippen LogP contribution < -0.4 is 19.7 Å². The third-order valence-electron chi connectivity index (χ3n) is 4.66. The van der Waals surface area contributed by atoms with Gasteiger partial charge in [0.05, 0.1) is 19.9 Å². The van der Waals surface area contributed by atoms with Crippen LogP contribution in [0.4, 0.5) is 10.5 Å². The molecule has 0 radical (unpaired) electrons. The Morgan fingerprint density at radius 2 is 1.66 bits per heavy atom. The third-order valence-corrected chi connectivity index (χ3v) is 4.66. The lowest BCUT2D eigenvalue weighted by molar-refractivity contribution is -0.122. The van der Waals surface area contributed by atoms with Crippen LogP contribution in [-0.4, -0.2) is 32.1 Å². The minimum atomic E-state index is -0.781. The number of rotatable bonds is 5. The highest BCUT2D eigenvalue weighted by atomic mass is 16.5. The summed E-state index contributed by atoms with van der Waals surface area (Å²) in [5, 5.41) is 2.22. The van der Waals surface area contributed by atoms with Gasteiger partial charge >= 0.3 is 6.03 Å². The number of benzene rings is 2. The molecule has 1 heterocycles. The Balaban J connectivity index is 2.00. The summed E-state index contributed by atoms with van der Waals surface area (Å²) < 4.78 is 10.5. The van der Waals surface area contributed by atoms with Gasteiger partial charge in [-0.05, 0) is 41.8 Å². The second-order valence-corrected chi connectivity index (χ2v) is 6.81. The summed E-state index contributed by atoms with van der Waals surface area (Å²) >= 11 is 0. The fourth-order valence-electron chi connectivity index (χ4n) is 2.99. The number of carbonyl (C=O) groups excluding carboxylic acids is 3. The van der Waals surface area contributed by atoms with Gasteiger partial charge in [-0.2, -0.15) is 0 Å². The fourth-order valence-corrected chi connectivity index (χ4v) is 2.99. The average Bonchev–Trinajstić information content (AvgIpc) is 2.71.